The summed E-state index contributed by atoms with van der Waals surface area (Å²) in [5.41, 5.74) is 4.99. The minimum atomic E-state index is -3.52. The lowest BCUT2D eigenvalue weighted by Gasteiger charge is -2.28. The van der Waals surface area contributed by atoms with Crippen molar-refractivity contribution in [2.45, 2.75) is 37.1 Å². The van der Waals surface area contributed by atoms with E-state index in [9.17, 15) is 8.42 Å². The minimum Gasteiger partial charge on any atom is -0.330 e. The molecule has 17 heavy (non-hydrogen) atoms. The Morgan fingerprint density at radius 1 is 1.59 bits per heavy atom. The second kappa shape index (κ2) is 5.16. The number of hydrogen-bond donors (Lipinski definition) is 2. The van der Waals surface area contributed by atoms with Crippen LogP contribution in [0.5, 0.6) is 0 Å². The van der Waals surface area contributed by atoms with E-state index in [4.69, 9.17) is 5.73 Å². The molecule has 0 amide bonds. The second-order valence-corrected chi connectivity index (χ2v) is 6.09. The van der Waals surface area contributed by atoms with Gasteiger partial charge in [-0.3, -0.25) is 4.68 Å². The van der Waals surface area contributed by atoms with Gasteiger partial charge in [-0.25, -0.2) is 13.1 Å². The first-order valence-electron chi connectivity index (χ1n) is 5.56. The number of nitrogens with two attached hydrogens (primary N) is 1. The summed E-state index contributed by atoms with van der Waals surface area (Å²) in [6.07, 6.45) is 4.09. The molecule has 98 valence electrons. The molecular formula is C10H20N4O2S. The molecule has 0 bridgehead atoms. The maximum absolute atomic E-state index is 12.1. The summed E-state index contributed by atoms with van der Waals surface area (Å²) in [4.78, 5) is 0.177. The molecule has 7 heteroatoms. The zero-order valence-corrected chi connectivity index (χ0v) is 11.3. The van der Waals surface area contributed by atoms with Crippen LogP contribution in [0.3, 0.4) is 0 Å². The summed E-state index contributed by atoms with van der Waals surface area (Å²) in [6.45, 7) is 4.23. The Balaban J connectivity index is 2.93. The fourth-order valence-corrected chi connectivity index (χ4v) is 3.03. The molecule has 1 atom stereocenters. The summed E-state index contributed by atoms with van der Waals surface area (Å²) < 4.78 is 28.3. The molecule has 6 nitrogen and oxygen atoms in total. The SMILES string of the molecule is CCC(C)(CCN)NS(=O)(=O)c1cnn(C)c1. The van der Waals surface area contributed by atoms with Crippen LogP contribution in [0.1, 0.15) is 26.7 Å². The first-order valence-corrected chi connectivity index (χ1v) is 7.04. The average Bonchev–Trinajstić information content (AvgIpc) is 2.65. The van der Waals surface area contributed by atoms with Gasteiger partial charge in [0.2, 0.25) is 10.0 Å². The van der Waals surface area contributed by atoms with Crippen LogP contribution in [0.15, 0.2) is 17.3 Å². The lowest BCUT2D eigenvalue weighted by Crippen LogP contribution is -2.46. The van der Waals surface area contributed by atoms with Gasteiger partial charge in [-0.15, -0.1) is 0 Å². The lowest BCUT2D eigenvalue weighted by atomic mass is 9.96. The third-order valence-electron chi connectivity index (χ3n) is 2.85. The van der Waals surface area contributed by atoms with Gasteiger partial charge in [-0.2, -0.15) is 5.10 Å². The van der Waals surface area contributed by atoms with Gasteiger partial charge in [-0.1, -0.05) is 6.92 Å². The van der Waals surface area contributed by atoms with Gasteiger partial charge in [0, 0.05) is 18.8 Å². The predicted molar refractivity (Wildman–Crippen MR) is 65.9 cm³/mol. The lowest BCUT2D eigenvalue weighted by molar-refractivity contribution is 0.379. The normalized spacial score (nSPS) is 15.8. The molecule has 0 aliphatic rings. The van der Waals surface area contributed by atoms with Gasteiger partial charge in [0.15, 0.2) is 0 Å². The standard InChI is InChI=1S/C10H20N4O2S/c1-4-10(2,5-6-11)13-17(15,16)9-7-12-14(3)8-9/h7-8,13H,4-6,11H2,1-3H3. The topological polar surface area (TPSA) is 90.0 Å². The van der Waals surface area contributed by atoms with Crippen LogP contribution in [0, 0.1) is 0 Å². The molecule has 1 rings (SSSR count). The zero-order chi connectivity index (χ0) is 13.1. The smallest absolute Gasteiger partial charge is 0.244 e. The van der Waals surface area contributed by atoms with Crippen LogP contribution in [0.25, 0.3) is 0 Å². The maximum Gasteiger partial charge on any atom is 0.244 e. The fraction of sp³-hybridized carbons (Fsp3) is 0.700. The third-order valence-corrected chi connectivity index (χ3v) is 4.44. The monoisotopic (exact) mass is 260 g/mol. The van der Waals surface area contributed by atoms with Crippen molar-refractivity contribution >= 4 is 10.0 Å². The molecule has 0 saturated carbocycles. The van der Waals surface area contributed by atoms with Crippen molar-refractivity contribution in [3.8, 4) is 0 Å². The highest BCUT2D eigenvalue weighted by Gasteiger charge is 2.28. The zero-order valence-electron chi connectivity index (χ0n) is 10.5. The summed E-state index contributed by atoms with van der Waals surface area (Å²) >= 11 is 0. The van der Waals surface area contributed by atoms with Crippen LogP contribution < -0.4 is 10.5 Å². The van der Waals surface area contributed by atoms with Gasteiger partial charge < -0.3 is 5.73 Å². The molecule has 3 N–H and O–H groups in total. The van der Waals surface area contributed by atoms with E-state index in [1.807, 2.05) is 13.8 Å². The highest BCUT2D eigenvalue weighted by molar-refractivity contribution is 7.89. The Morgan fingerprint density at radius 2 is 2.24 bits per heavy atom. The first kappa shape index (κ1) is 14.1. The number of sulfonamides is 1. The van der Waals surface area contributed by atoms with Crippen molar-refractivity contribution in [3.63, 3.8) is 0 Å². The van der Waals surface area contributed by atoms with Crippen LogP contribution in [-0.4, -0.2) is 30.3 Å². The van der Waals surface area contributed by atoms with E-state index in [2.05, 4.69) is 9.82 Å². The molecule has 0 aliphatic carbocycles. The first-order chi connectivity index (χ1) is 7.83. The molecule has 0 fully saturated rings. The van der Waals surface area contributed by atoms with Gasteiger partial charge in [0.05, 0.1) is 6.20 Å². The predicted octanol–water partition coefficient (Wildman–Crippen LogP) is 0.216. The largest absolute Gasteiger partial charge is 0.330 e. The molecule has 1 aromatic heterocycles. The van der Waals surface area contributed by atoms with E-state index in [0.29, 0.717) is 19.4 Å². The average molecular weight is 260 g/mol. The van der Waals surface area contributed by atoms with Crippen LogP contribution in [-0.2, 0) is 17.1 Å². The minimum absolute atomic E-state index is 0.177. The molecular weight excluding hydrogens is 240 g/mol. The molecule has 1 heterocycles. The number of aromatic nitrogens is 2. The number of aryl methyl sites for hydroxylation is 1. The van der Waals surface area contributed by atoms with E-state index in [1.54, 1.807) is 7.05 Å². The summed E-state index contributed by atoms with van der Waals surface area (Å²) in [7, 11) is -1.84. The highest BCUT2D eigenvalue weighted by Crippen LogP contribution is 2.18. The van der Waals surface area contributed by atoms with Gasteiger partial charge in [0.1, 0.15) is 4.90 Å². The second-order valence-electron chi connectivity index (χ2n) is 4.41. The van der Waals surface area contributed by atoms with Crippen molar-refractivity contribution < 1.29 is 8.42 Å². The van der Waals surface area contributed by atoms with E-state index >= 15 is 0 Å². The Kier molecular flexibility index (Phi) is 4.29. The third kappa shape index (κ3) is 3.52. The van der Waals surface area contributed by atoms with Crippen molar-refractivity contribution in [1.29, 1.82) is 0 Å². The van der Waals surface area contributed by atoms with Gasteiger partial charge >= 0.3 is 0 Å². The fourth-order valence-electron chi connectivity index (χ4n) is 1.54. The Bertz CT molecular complexity index is 468. The Hall–Kier alpha value is -0.920. The van der Waals surface area contributed by atoms with Crippen LogP contribution in [0.2, 0.25) is 0 Å². The number of rotatable bonds is 6. The van der Waals surface area contributed by atoms with Crippen molar-refractivity contribution in [3.05, 3.63) is 12.4 Å². The molecule has 1 aromatic rings. The number of hydrogen-bond acceptors (Lipinski definition) is 4. The van der Waals surface area contributed by atoms with Gasteiger partial charge in [-0.05, 0) is 26.3 Å². The maximum atomic E-state index is 12.1. The highest BCUT2D eigenvalue weighted by atomic mass is 32.2. The molecule has 1 unspecified atom stereocenters. The summed E-state index contributed by atoms with van der Waals surface area (Å²) in [5, 5.41) is 3.86. The van der Waals surface area contributed by atoms with E-state index in [0.717, 1.165) is 0 Å². The molecule has 0 spiro atoms. The van der Waals surface area contributed by atoms with E-state index in [1.165, 1.54) is 17.1 Å². The Morgan fingerprint density at radius 3 is 2.65 bits per heavy atom. The number of nitrogens with zero attached hydrogens (tertiary/aromatic N) is 2. The summed E-state index contributed by atoms with van der Waals surface area (Å²) in [5.74, 6) is 0. The number of nitrogens with one attached hydrogen (secondary N) is 1. The summed E-state index contributed by atoms with van der Waals surface area (Å²) in [6, 6.07) is 0. The molecule has 0 aromatic carbocycles. The van der Waals surface area contributed by atoms with Crippen LogP contribution >= 0.6 is 0 Å². The van der Waals surface area contributed by atoms with Gasteiger partial charge in [0.25, 0.3) is 0 Å². The molecule has 0 aliphatic heterocycles. The quantitative estimate of drug-likeness (QED) is 0.765. The van der Waals surface area contributed by atoms with E-state index in [-0.39, 0.29) is 4.90 Å². The van der Waals surface area contributed by atoms with Crippen molar-refractivity contribution in [2.75, 3.05) is 6.54 Å². The van der Waals surface area contributed by atoms with Crippen molar-refractivity contribution in [2.24, 2.45) is 12.8 Å². The van der Waals surface area contributed by atoms with E-state index < -0.39 is 15.6 Å². The van der Waals surface area contributed by atoms with Crippen molar-refractivity contribution in [1.82, 2.24) is 14.5 Å². The van der Waals surface area contributed by atoms with Crippen LogP contribution in [0.4, 0.5) is 0 Å². The molecule has 0 saturated heterocycles. The molecule has 0 radical (unpaired) electrons. The Labute approximate surface area is 102 Å².